The van der Waals surface area contributed by atoms with Gasteiger partial charge >= 0.3 is 5.97 Å². The summed E-state index contributed by atoms with van der Waals surface area (Å²) in [5.74, 6) is 0.186. The van der Waals surface area contributed by atoms with Crippen LogP contribution in [0.4, 0.5) is 10.1 Å². The van der Waals surface area contributed by atoms with Crippen molar-refractivity contribution in [2.24, 2.45) is 13.0 Å². The van der Waals surface area contributed by atoms with Crippen molar-refractivity contribution in [2.75, 3.05) is 31.7 Å². The first kappa shape index (κ1) is 21.2. The van der Waals surface area contributed by atoms with Gasteiger partial charge in [0.25, 0.3) is 0 Å². The summed E-state index contributed by atoms with van der Waals surface area (Å²) in [6.07, 6.45) is 3.12. The van der Waals surface area contributed by atoms with E-state index in [0.717, 1.165) is 36.3 Å². The standard InChI is InChI=1S/C26H27FN4O3/c1-29-24-18(27)11-17(26(33)34-2)12-19(24)28-25(29)21-13-16-5-3-6-20-23(16)31(21)22(15-7-8-15)14-30(20)9-4-10-32/h3,5-6,11-13,15,22,32H,4,7-10,14H2,1-2H3. The van der Waals surface area contributed by atoms with Gasteiger partial charge in [0.1, 0.15) is 11.3 Å². The molecule has 4 aromatic rings. The van der Waals surface area contributed by atoms with Crippen LogP contribution in [0.25, 0.3) is 33.5 Å². The van der Waals surface area contributed by atoms with Gasteiger partial charge in [0.15, 0.2) is 5.82 Å². The highest BCUT2D eigenvalue weighted by Gasteiger charge is 2.39. The van der Waals surface area contributed by atoms with Crippen LogP contribution in [0.3, 0.4) is 0 Å². The van der Waals surface area contributed by atoms with Crippen molar-refractivity contribution in [2.45, 2.75) is 25.3 Å². The number of nitrogens with zero attached hydrogens (tertiary/aromatic N) is 4. The SMILES string of the molecule is COC(=O)c1cc(F)c2c(c1)nc(-c1cc3cccc4c3n1C(C1CC1)CN4CCCO)n2C. The van der Waals surface area contributed by atoms with Crippen molar-refractivity contribution >= 4 is 33.6 Å². The molecule has 0 spiro atoms. The fourth-order valence-corrected chi connectivity index (χ4v) is 5.52. The maximum atomic E-state index is 15.1. The van der Waals surface area contributed by atoms with Gasteiger partial charge in [0, 0.05) is 32.1 Å². The Morgan fingerprint density at radius 1 is 1.24 bits per heavy atom. The Morgan fingerprint density at radius 3 is 2.79 bits per heavy atom. The lowest BCUT2D eigenvalue weighted by atomic mass is 10.1. The van der Waals surface area contributed by atoms with E-state index < -0.39 is 11.8 Å². The van der Waals surface area contributed by atoms with Crippen molar-refractivity contribution in [3.05, 3.63) is 47.8 Å². The molecule has 1 N–H and O–H groups in total. The Morgan fingerprint density at radius 2 is 2.06 bits per heavy atom. The molecular formula is C26H27FN4O3. The van der Waals surface area contributed by atoms with Gasteiger partial charge in [0.05, 0.1) is 41.1 Å². The smallest absolute Gasteiger partial charge is 0.338 e. The third-order valence-electron chi connectivity index (χ3n) is 7.24. The Kier molecular flexibility index (Phi) is 4.88. The molecule has 0 amide bonds. The average molecular weight is 463 g/mol. The van der Waals surface area contributed by atoms with Gasteiger partial charge in [0.2, 0.25) is 0 Å². The molecule has 0 saturated heterocycles. The van der Waals surface area contributed by atoms with Crippen LogP contribution in [-0.4, -0.2) is 52.0 Å². The number of benzene rings is 2. The van der Waals surface area contributed by atoms with Crippen molar-refractivity contribution in [3.63, 3.8) is 0 Å². The first-order valence-electron chi connectivity index (χ1n) is 11.8. The summed E-state index contributed by atoms with van der Waals surface area (Å²) < 4.78 is 24.0. The molecule has 1 atom stereocenters. The first-order chi connectivity index (χ1) is 16.5. The Labute approximate surface area is 196 Å². The van der Waals surface area contributed by atoms with Crippen LogP contribution in [0.1, 0.15) is 35.7 Å². The number of carbonyl (C=O) groups is 1. The summed E-state index contributed by atoms with van der Waals surface area (Å²) in [7, 11) is 3.10. The predicted octanol–water partition coefficient (Wildman–Crippen LogP) is 4.27. The molecule has 1 aliphatic heterocycles. The van der Waals surface area contributed by atoms with Crippen LogP contribution in [0.2, 0.25) is 0 Å². The molecule has 1 unspecified atom stereocenters. The highest BCUT2D eigenvalue weighted by molar-refractivity contribution is 5.98. The zero-order valence-electron chi connectivity index (χ0n) is 19.3. The number of imidazole rings is 1. The number of aliphatic hydroxyl groups excluding tert-OH is 1. The predicted molar refractivity (Wildman–Crippen MR) is 129 cm³/mol. The number of anilines is 1. The first-order valence-corrected chi connectivity index (χ1v) is 11.8. The molecule has 2 aliphatic rings. The number of hydrogen-bond donors (Lipinski definition) is 1. The maximum absolute atomic E-state index is 15.1. The van der Waals surface area contributed by atoms with E-state index in [-0.39, 0.29) is 18.2 Å². The van der Waals surface area contributed by atoms with E-state index in [1.54, 1.807) is 10.6 Å². The molecule has 1 fully saturated rings. The molecule has 0 bridgehead atoms. The molecule has 7 nitrogen and oxygen atoms in total. The van der Waals surface area contributed by atoms with Crippen molar-refractivity contribution in [3.8, 4) is 11.5 Å². The third kappa shape index (κ3) is 3.12. The molecule has 6 rings (SSSR count). The molecule has 3 heterocycles. The van der Waals surface area contributed by atoms with Crippen LogP contribution < -0.4 is 4.90 Å². The fraction of sp³-hybridized carbons (Fsp3) is 0.385. The number of methoxy groups -OCH3 is 1. The minimum atomic E-state index is -0.585. The Hall–Kier alpha value is -3.39. The highest BCUT2D eigenvalue weighted by atomic mass is 19.1. The van der Waals surface area contributed by atoms with E-state index in [1.807, 2.05) is 7.05 Å². The molecule has 1 aliphatic carbocycles. The van der Waals surface area contributed by atoms with Crippen molar-refractivity contribution in [1.29, 1.82) is 0 Å². The lowest BCUT2D eigenvalue weighted by Crippen LogP contribution is -2.37. The summed E-state index contributed by atoms with van der Waals surface area (Å²) in [5, 5.41) is 10.5. The van der Waals surface area contributed by atoms with E-state index in [2.05, 4.69) is 33.7 Å². The lowest BCUT2D eigenvalue weighted by Gasteiger charge is -2.37. The van der Waals surface area contributed by atoms with Crippen molar-refractivity contribution in [1.82, 2.24) is 14.1 Å². The Bertz CT molecular complexity index is 1440. The molecule has 2 aromatic carbocycles. The molecule has 176 valence electrons. The second-order valence-electron chi connectivity index (χ2n) is 9.35. The minimum absolute atomic E-state index is 0.150. The highest BCUT2D eigenvalue weighted by Crippen LogP contribution is 2.49. The van der Waals surface area contributed by atoms with E-state index >= 15 is 4.39 Å². The van der Waals surface area contributed by atoms with Crippen LogP contribution in [-0.2, 0) is 11.8 Å². The topological polar surface area (TPSA) is 72.5 Å². The van der Waals surface area contributed by atoms with Gasteiger partial charge in [-0.15, -0.1) is 0 Å². The van der Waals surface area contributed by atoms with E-state index in [1.165, 1.54) is 31.5 Å². The van der Waals surface area contributed by atoms with Crippen LogP contribution >= 0.6 is 0 Å². The van der Waals surface area contributed by atoms with Gasteiger partial charge in [-0.05, 0) is 49.4 Å². The third-order valence-corrected chi connectivity index (χ3v) is 7.24. The number of rotatable bonds is 6. The zero-order chi connectivity index (χ0) is 23.6. The summed E-state index contributed by atoms with van der Waals surface area (Å²) in [6, 6.07) is 11.5. The quantitative estimate of drug-likeness (QED) is 0.433. The monoisotopic (exact) mass is 462 g/mol. The summed E-state index contributed by atoms with van der Waals surface area (Å²) in [6.45, 7) is 1.86. The van der Waals surface area contributed by atoms with Gasteiger partial charge in [-0.25, -0.2) is 14.2 Å². The van der Waals surface area contributed by atoms with Gasteiger partial charge in [-0.1, -0.05) is 12.1 Å². The summed E-state index contributed by atoms with van der Waals surface area (Å²) >= 11 is 0. The Balaban J connectivity index is 1.57. The maximum Gasteiger partial charge on any atom is 0.338 e. The number of halogens is 1. The second kappa shape index (κ2) is 7.84. The van der Waals surface area contributed by atoms with Crippen molar-refractivity contribution < 1.29 is 19.0 Å². The van der Waals surface area contributed by atoms with Crippen LogP contribution in [0.15, 0.2) is 36.4 Å². The molecular weight excluding hydrogens is 435 g/mol. The van der Waals surface area contributed by atoms with Crippen LogP contribution in [0.5, 0.6) is 0 Å². The number of para-hydroxylation sites is 1. The average Bonchev–Trinajstić information content (AvgIpc) is 3.54. The minimum Gasteiger partial charge on any atom is -0.465 e. The fourth-order valence-electron chi connectivity index (χ4n) is 5.52. The number of esters is 1. The van der Waals surface area contributed by atoms with Gasteiger partial charge < -0.3 is 23.9 Å². The van der Waals surface area contributed by atoms with Gasteiger partial charge in [-0.2, -0.15) is 0 Å². The van der Waals surface area contributed by atoms with Gasteiger partial charge in [-0.3, -0.25) is 0 Å². The zero-order valence-corrected chi connectivity index (χ0v) is 19.3. The molecule has 34 heavy (non-hydrogen) atoms. The number of aryl methyl sites for hydroxylation is 1. The molecule has 1 saturated carbocycles. The summed E-state index contributed by atoms with van der Waals surface area (Å²) in [5.41, 5.74) is 4.23. The van der Waals surface area contributed by atoms with Crippen LogP contribution in [0, 0.1) is 11.7 Å². The number of fused-ring (bicyclic) bond motifs is 1. The van der Waals surface area contributed by atoms with E-state index in [0.29, 0.717) is 22.8 Å². The van der Waals surface area contributed by atoms with E-state index in [9.17, 15) is 9.90 Å². The number of ether oxygens (including phenoxy) is 1. The molecule has 0 radical (unpaired) electrons. The number of hydrogen-bond acceptors (Lipinski definition) is 5. The molecule has 2 aromatic heterocycles. The van der Waals surface area contributed by atoms with E-state index in [4.69, 9.17) is 9.72 Å². The molecule has 8 heteroatoms. The number of aliphatic hydroxyl groups is 1. The second-order valence-corrected chi connectivity index (χ2v) is 9.35. The normalized spacial score (nSPS) is 17.6. The summed E-state index contributed by atoms with van der Waals surface area (Å²) in [4.78, 5) is 19.2. The number of carbonyl (C=O) groups excluding carboxylic acids is 1. The number of aromatic nitrogens is 3. The largest absolute Gasteiger partial charge is 0.465 e. The lowest BCUT2D eigenvalue weighted by molar-refractivity contribution is 0.0600.